The smallest absolute Gasteiger partial charge is 0.244 e. The lowest BCUT2D eigenvalue weighted by Crippen LogP contribution is -2.58. The van der Waals surface area contributed by atoms with E-state index in [9.17, 15) is 4.79 Å². The van der Waals surface area contributed by atoms with Gasteiger partial charge in [-0.1, -0.05) is 0 Å². The number of hydrogen-bond donors (Lipinski definition) is 2. The van der Waals surface area contributed by atoms with Crippen LogP contribution in [0.15, 0.2) is 18.5 Å². The van der Waals surface area contributed by atoms with Crippen LogP contribution < -0.4 is 15.5 Å². The normalized spacial score (nSPS) is 19.7. The van der Waals surface area contributed by atoms with Crippen molar-refractivity contribution in [3.63, 3.8) is 0 Å². The minimum Gasteiger partial charge on any atom is -0.357 e. The van der Waals surface area contributed by atoms with Crippen LogP contribution in [-0.2, 0) is 4.79 Å². The van der Waals surface area contributed by atoms with Gasteiger partial charge in [-0.15, -0.1) is 0 Å². The summed E-state index contributed by atoms with van der Waals surface area (Å²) in [5.74, 6) is 0.0842. The van der Waals surface area contributed by atoms with Gasteiger partial charge < -0.3 is 15.5 Å². The molecular formula is C13H20N4O. The lowest BCUT2D eigenvalue weighted by molar-refractivity contribution is -0.122. The fourth-order valence-corrected chi connectivity index (χ4v) is 2.31. The zero-order valence-electron chi connectivity index (χ0n) is 10.9. The standard InChI is InChI=1S/C13H20N4O/c1-3-16-13(18)12-9-15-6-7-17(12)11-4-5-14-8-10(11)2/h4-5,8,12,15H,3,6-7,9H2,1-2H3,(H,16,18). The average molecular weight is 248 g/mol. The third-order valence-corrected chi connectivity index (χ3v) is 3.20. The molecule has 0 bridgehead atoms. The highest BCUT2D eigenvalue weighted by atomic mass is 16.2. The van der Waals surface area contributed by atoms with E-state index in [1.165, 1.54) is 0 Å². The maximum Gasteiger partial charge on any atom is 0.244 e. The molecule has 0 radical (unpaired) electrons. The first-order chi connectivity index (χ1) is 8.74. The van der Waals surface area contributed by atoms with Crippen molar-refractivity contribution in [3.05, 3.63) is 24.0 Å². The van der Waals surface area contributed by atoms with Gasteiger partial charge in [-0.05, 0) is 25.5 Å². The molecule has 1 saturated heterocycles. The number of nitrogens with one attached hydrogen (secondary N) is 2. The molecule has 1 aliphatic rings. The molecule has 1 atom stereocenters. The minimum atomic E-state index is -0.139. The molecule has 0 spiro atoms. The molecule has 1 amide bonds. The highest BCUT2D eigenvalue weighted by Gasteiger charge is 2.29. The van der Waals surface area contributed by atoms with Gasteiger partial charge in [0.05, 0.1) is 0 Å². The summed E-state index contributed by atoms with van der Waals surface area (Å²) in [6.45, 7) is 7.06. The summed E-state index contributed by atoms with van der Waals surface area (Å²) < 4.78 is 0. The topological polar surface area (TPSA) is 57.3 Å². The Bertz CT molecular complexity index is 421. The van der Waals surface area contributed by atoms with Crippen molar-refractivity contribution in [2.45, 2.75) is 19.9 Å². The van der Waals surface area contributed by atoms with Gasteiger partial charge in [-0.3, -0.25) is 9.78 Å². The second kappa shape index (κ2) is 5.82. The maximum absolute atomic E-state index is 12.1. The van der Waals surface area contributed by atoms with Crippen LogP contribution in [0.4, 0.5) is 5.69 Å². The van der Waals surface area contributed by atoms with E-state index in [1.807, 2.05) is 26.1 Å². The number of carbonyl (C=O) groups is 1. The third-order valence-electron chi connectivity index (χ3n) is 3.20. The van der Waals surface area contributed by atoms with E-state index in [0.29, 0.717) is 13.1 Å². The number of pyridine rings is 1. The van der Waals surface area contributed by atoms with Crippen LogP contribution in [0.3, 0.4) is 0 Å². The molecule has 5 nitrogen and oxygen atoms in total. The molecule has 2 heterocycles. The van der Waals surface area contributed by atoms with Gasteiger partial charge in [-0.25, -0.2) is 0 Å². The van der Waals surface area contributed by atoms with Crippen LogP contribution in [-0.4, -0.2) is 43.1 Å². The number of aromatic nitrogens is 1. The summed E-state index contributed by atoms with van der Waals surface area (Å²) in [5, 5.41) is 6.17. The summed E-state index contributed by atoms with van der Waals surface area (Å²) >= 11 is 0. The van der Waals surface area contributed by atoms with Crippen LogP contribution in [0.25, 0.3) is 0 Å². The number of carbonyl (C=O) groups excluding carboxylic acids is 1. The molecule has 0 saturated carbocycles. The van der Waals surface area contributed by atoms with E-state index in [0.717, 1.165) is 24.3 Å². The average Bonchev–Trinajstić information content (AvgIpc) is 2.40. The zero-order valence-corrected chi connectivity index (χ0v) is 10.9. The molecule has 1 unspecified atom stereocenters. The molecule has 98 valence electrons. The summed E-state index contributed by atoms with van der Waals surface area (Å²) in [6, 6.07) is 1.84. The summed E-state index contributed by atoms with van der Waals surface area (Å²) in [4.78, 5) is 18.4. The Morgan fingerprint density at radius 2 is 2.50 bits per heavy atom. The first-order valence-electron chi connectivity index (χ1n) is 6.39. The highest BCUT2D eigenvalue weighted by Crippen LogP contribution is 2.21. The highest BCUT2D eigenvalue weighted by molar-refractivity contribution is 5.86. The van der Waals surface area contributed by atoms with Crippen molar-refractivity contribution in [1.82, 2.24) is 15.6 Å². The maximum atomic E-state index is 12.1. The molecule has 1 aromatic heterocycles. The molecule has 1 fully saturated rings. The molecule has 2 rings (SSSR count). The molecule has 2 N–H and O–H groups in total. The Morgan fingerprint density at radius 1 is 1.67 bits per heavy atom. The van der Waals surface area contributed by atoms with E-state index >= 15 is 0 Å². The predicted molar refractivity (Wildman–Crippen MR) is 71.7 cm³/mol. The van der Waals surface area contributed by atoms with Crippen LogP contribution >= 0.6 is 0 Å². The van der Waals surface area contributed by atoms with E-state index < -0.39 is 0 Å². The largest absolute Gasteiger partial charge is 0.357 e. The second-order valence-corrected chi connectivity index (χ2v) is 4.47. The van der Waals surface area contributed by atoms with Crippen LogP contribution in [0, 0.1) is 6.92 Å². The number of rotatable bonds is 3. The van der Waals surface area contributed by atoms with Gasteiger partial charge in [0, 0.05) is 44.3 Å². The van der Waals surface area contributed by atoms with Crippen molar-refractivity contribution in [1.29, 1.82) is 0 Å². The molecular weight excluding hydrogens is 228 g/mol. The molecule has 5 heteroatoms. The van der Waals surface area contributed by atoms with E-state index in [1.54, 1.807) is 6.20 Å². The predicted octanol–water partition coefficient (Wildman–Crippen LogP) is 0.304. The summed E-state index contributed by atoms with van der Waals surface area (Å²) in [5.41, 5.74) is 2.21. The van der Waals surface area contributed by atoms with Gasteiger partial charge in [0.15, 0.2) is 0 Å². The van der Waals surface area contributed by atoms with Gasteiger partial charge in [0.1, 0.15) is 6.04 Å². The van der Waals surface area contributed by atoms with E-state index in [-0.39, 0.29) is 11.9 Å². The minimum absolute atomic E-state index is 0.0842. The number of amides is 1. The summed E-state index contributed by atoms with van der Waals surface area (Å²) in [7, 11) is 0. The second-order valence-electron chi connectivity index (χ2n) is 4.47. The summed E-state index contributed by atoms with van der Waals surface area (Å²) in [6.07, 6.45) is 3.62. The Kier molecular flexibility index (Phi) is 4.15. The van der Waals surface area contributed by atoms with Crippen molar-refractivity contribution in [3.8, 4) is 0 Å². The van der Waals surface area contributed by atoms with Crippen LogP contribution in [0.5, 0.6) is 0 Å². The number of likely N-dealkylation sites (N-methyl/N-ethyl adjacent to an activating group) is 1. The van der Waals surface area contributed by atoms with E-state index in [2.05, 4.69) is 20.5 Å². The quantitative estimate of drug-likeness (QED) is 0.808. The molecule has 18 heavy (non-hydrogen) atoms. The van der Waals surface area contributed by atoms with Crippen molar-refractivity contribution in [2.75, 3.05) is 31.1 Å². The van der Waals surface area contributed by atoms with Gasteiger partial charge in [0.25, 0.3) is 0 Å². The molecule has 1 aromatic rings. The fourth-order valence-electron chi connectivity index (χ4n) is 2.31. The molecule has 1 aliphatic heterocycles. The van der Waals surface area contributed by atoms with Gasteiger partial charge in [0.2, 0.25) is 5.91 Å². The number of anilines is 1. The lowest BCUT2D eigenvalue weighted by Gasteiger charge is -2.37. The molecule has 0 aromatic carbocycles. The van der Waals surface area contributed by atoms with Gasteiger partial charge >= 0.3 is 0 Å². The van der Waals surface area contributed by atoms with Crippen LogP contribution in [0.1, 0.15) is 12.5 Å². The lowest BCUT2D eigenvalue weighted by atomic mass is 10.1. The van der Waals surface area contributed by atoms with Crippen molar-refractivity contribution in [2.24, 2.45) is 0 Å². The first-order valence-corrected chi connectivity index (χ1v) is 6.39. The number of piperazine rings is 1. The van der Waals surface area contributed by atoms with Crippen molar-refractivity contribution >= 4 is 11.6 Å². The van der Waals surface area contributed by atoms with Crippen LogP contribution in [0.2, 0.25) is 0 Å². The monoisotopic (exact) mass is 248 g/mol. The van der Waals surface area contributed by atoms with Crippen molar-refractivity contribution < 1.29 is 4.79 Å². The van der Waals surface area contributed by atoms with E-state index in [4.69, 9.17) is 0 Å². The number of nitrogens with zero attached hydrogens (tertiary/aromatic N) is 2. The SMILES string of the molecule is CCNC(=O)C1CNCCN1c1ccncc1C. The Labute approximate surface area is 108 Å². The Hall–Kier alpha value is -1.62. The molecule has 0 aliphatic carbocycles. The number of hydrogen-bond acceptors (Lipinski definition) is 4. The zero-order chi connectivity index (χ0) is 13.0. The number of aryl methyl sites for hydroxylation is 1. The Balaban J connectivity index is 2.23. The first kappa shape index (κ1) is 12.8. The fraction of sp³-hybridized carbons (Fsp3) is 0.538. The van der Waals surface area contributed by atoms with Gasteiger partial charge in [-0.2, -0.15) is 0 Å². The Morgan fingerprint density at radius 3 is 3.22 bits per heavy atom. The third kappa shape index (κ3) is 2.61.